The molecule has 0 spiro atoms. The molecule has 0 nitrogen and oxygen atoms in total. The fourth-order valence-electron chi connectivity index (χ4n) is 4.50. The van der Waals surface area contributed by atoms with Gasteiger partial charge >= 0.3 is 0 Å². The summed E-state index contributed by atoms with van der Waals surface area (Å²) < 4.78 is 0. The molecule has 0 aliphatic carbocycles. The minimum atomic E-state index is 0.0406. The summed E-state index contributed by atoms with van der Waals surface area (Å²) >= 11 is 0. The van der Waals surface area contributed by atoms with Crippen LogP contribution in [0.1, 0.15) is 26.3 Å². The normalized spacial score (nSPS) is 11.8. The van der Waals surface area contributed by atoms with Crippen molar-refractivity contribution < 1.29 is 0 Å². The van der Waals surface area contributed by atoms with Gasteiger partial charge in [-0.25, -0.2) is 0 Å². The van der Waals surface area contributed by atoms with Gasteiger partial charge in [0.05, 0.1) is 0 Å². The van der Waals surface area contributed by atoms with Gasteiger partial charge in [0.15, 0.2) is 0 Å². The van der Waals surface area contributed by atoms with Crippen molar-refractivity contribution in [2.24, 2.45) is 0 Å². The van der Waals surface area contributed by atoms with E-state index in [0.717, 1.165) is 0 Å². The SMILES string of the molecule is CC(C)(C)c1ccc2cc3ccccc3cc2c1-c1ccccc1-c1ccccc1. The third-order valence-corrected chi connectivity index (χ3v) is 5.98. The molecule has 0 aromatic heterocycles. The second-order valence-electron chi connectivity index (χ2n) is 9.07. The first-order valence-corrected chi connectivity index (χ1v) is 10.6. The van der Waals surface area contributed by atoms with Crippen LogP contribution in [0.15, 0.2) is 103 Å². The smallest absolute Gasteiger partial charge is 0.00615 e. The van der Waals surface area contributed by atoms with Crippen molar-refractivity contribution in [1.29, 1.82) is 0 Å². The van der Waals surface area contributed by atoms with E-state index in [4.69, 9.17) is 0 Å². The van der Waals surface area contributed by atoms with Gasteiger partial charge in [-0.1, -0.05) is 112 Å². The summed E-state index contributed by atoms with van der Waals surface area (Å²) in [5.74, 6) is 0. The van der Waals surface area contributed by atoms with Crippen molar-refractivity contribution in [2.75, 3.05) is 0 Å². The highest BCUT2D eigenvalue weighted by Gasteiger charge is 2.22. The molecule has 0 atom stereocenters. The highest BCUT2D eigenvalue weighted by molar-refractivity contribution is 6.08. The molecule has 5 aromatic carbocycles. The monoisotopic (exact) mass is 386 g/mol. The summed E-state index contributed by atoms with van der Waals surface area (Å²) in [5, 5.41) is 5.19. The Morgan fingerprint density at radius 1 is 0.500 bits per heavy atom. The van der Waals surface area contributed by atoms with Gasteiger partial charge < -0.3 is 0 Å². The maximum atomic E-state index is 2.37. The number of hydrogen-bond donors (Lipinski definition) is 0. The van der Waals surface area contributed by atoms with Gasteiger partial charge in [0.2, 0.25) is 0 Å². The molecule has 0 heteroatoms. The van der Waals surface area contributed by atoms with E-state index in [2.05, 4.69) is 124 Å². The highest BCUT2D eigenvalue weighted by Crippen LogP contribution is 2.43. The van der Waals surface area contributed by atoms with Gasteiger partial charge in [-0.05, 0) is 66.9 Å². The van der Waals surface area contributed by atoms with Crippen LogP contribution in [-0.2, 0) is 5.41 Å². The lowest BCUT2D eigenvalue weighted by Crippen LogP contribution is -2.13. The summed E-state index contributed by atoms with van der Waals surface area (Å²) in [6.07, 6.45) is 0. The summed E-state index contributed by atoms with van der Waals surface area (Å²) in [6.45, 7) is 6.93. The standard InChI is InChI=1S/C30H26/c1-30(2,3)28-18-17-24-19-22-13-7-8-14-23(22)20-27(24)29(28)26-16-10-9-15-25(26)21-11-5-4-6-12-21/h4-20H,1-3H3. The van der Waals surface area contributed by atoms with Crippen molar-refractivity contribution >= 4 is 21.5 Å². The van der Waals surface area contributed by atoms with Crippen LogP contribution in [0.25, 0.3) is 43.8 Å². The molecule has 30 heavy (non-hydrogen) atoms. The molecule has 0 aliphatic heterocycles. The van der Waals surface area contributed by atoms with E-state index in [9.17, 15) is 0 Å². The van der Waals surface area contributed by atoms with Crippen molar-refractivity contribution in [1.82, 2.24) is 0 Å². The van der Waals surface area contributed by atoms with Crippen molar-refractivity contribution in [2.45, 2.75) is 26.2 Å². The van der Waals surface area contributed by atoms with E-state index in [1.165, 1.54) is 49.4 Å². The third kappa shape index (κ3) is 3.19. The molecule has 0 amide bonds. The van der Waals surface area contributed by atoms with Crippen LogP contribution in [0.3, 0.4) is 0 Å². The predicted octanol–water partition coefficient (Wildman–Crippen LogP) is 8.62. The minimum absolute atomic E-state index is 0.0406. The van der Waals surface area contributed by atoms with Gasteiger partial charge in [-0.3, -0.25) is 0 Å². The Balaban J connectivity index is 1.92. The number of benzene rings is 5. The topological polar surface area (TPSA) is 0 Å². The van der Waals surface area contributed by atoms with E-state index in [-0.39, 0.29) is 5.41 Å². The van der Waals surface area contributed by atoms with Crippen LogP contribution in [-0.4, -0.2) is 0 Å². The number of hydrogen-bond acceptors (Lipinski definition) is 0. The maximum Gasteiger partial charge on any atom is -0.00615 e. The molecule has 146 valence electrons. The van der Waals surface area contributed by atoms with Gasteiger partial charge in [0, 0.05) is 0 Å². The molecule has 0 aliphatic rings. The fraction of sp³-hybridized carbons (Fsp3) is 0.133. The van der Waals surface area contributed by atoms with Crippen LogP contribution in [0.5, 0.6) is 0 Å². The summed E-state index contributed by atoms with van der Waals surface area (Å²) in [6, 6.07) is 37.5. The molecule has 0 unspecified atom stereocenters. The number of rotatable bonds is 2. The Morgan fingerprint density at radius 2 is 1.10 bits per heavy atom. The second-order valence-corrected chi connectivity index (χ2v) is 9.07. The average Bonchev–Trinajstić information content (AvgIpc) is 2.77. The molecule has 5 rings (SSSR count). The molecule has 0 fully saturated rings. The van der Waals surface area contributed by atoms with Gasteiger partial charge in [-0.15, -0.1) is 0 Å². The molecule has 5 aromatic rings. The fourth-order valence-corrected chi connectivity index (χ4v) is 4.50. The summed E-state index contributed by atoms with van der Waals surface area (Å²) in [7, 11) is 0. The number of fused-ring (bicyclic) bond motifs is 2. The first-order valence-electron chi connectivity index (χ1n) is 10.6. The van der Waals surface area contributed by atoms with Crippen molar-refractivity contribution in [3.63, 3.8) is 0 Å². The predicted molar refractivity (Wildman–Crippen MR) is 131 cm³/mol. The maximum absolute atomic E-state index is 2.37. The van der Waals surface area contributed by atoms with Gasteiger partial charge in [0.25, 0.3) is 0 Å². The molecular weight excluding hydrogens is 360 g/mol. The Morgan fingerprint density at radius 3 is 1.80 bits per heavy atom. The third-order valence-electron chi connectivity index (χ3n) is 5.98. The Bertz CT molecular complexity index is 1350. The van der Waals surface area contributed by atoms with Gasteiger partial charge in [0.1, 0.15) is 0 Å². The summed E-state index contributed by atoms with van der Waals surface area (Å²) in [5.41, 5.74) is 6.61. The molecule has 0 N–H and O–H groups in total. The molecule has 0 radical (unpaired) electrons. The Kier molecular flexibility index (Phi) is 4.44. The molecule has 0 saturated heterocycles. The zero-order valence-corrected chi connectivity index (χ0v) is 17.8. The first kappa shape index (κ1) is 18.6. The summed E-state index contributed by atoms with van der Waals surface area (Å²) in [4.78, 5) is 0. The minimum Gasteiger partial charge on any atom is -0.0622 e. The van der Waals surface area contributed by atoms with Crippen molar-refractivity contribution in [3.8, 4) is 22.3 Å². The van der Waals surface area contributed by atoms with E-state index in [0.29, 0.717) is 0 Å². The quantitative estimate of drug-likeness (QED) is 0.266. The highest BCUT2D eigenvalue weighted by atomic mass is 14.3. The lowest BCUT2D eigenvalue weighted by atomic mass is 9.78. The lowest BCUT2D eigenvalue weighted by Gasteiger charge is -2.26. The van der Waals surface area contributed by atoms with Crippen LogP contribution in [0.2, 0.25) is 0 Å². The van der Waals surface area contributed by atoms with Crippen LogP contribution >= 0.6 is 0 Å². The Hall–Kier alpha value is -3.38. The van der Waals surface area contributed by atoms with Crippen LogP contribution in [0.4, 0.5) is 0 Å². The lowest BCUT2D eigenvalue weighted by molar-refractivity contribution is 0.593. The second kappa shape index (κ2) is 7.15. The van der Waals surface area contributed by atoms with Crippen LogP contribution < -0.4 is 0 Å². The van der Waals surface area contributed by atoms with E-state index < -0.39 is 0 Å². The van der Waals surface area contributed by atoms with Gasteiger partial charge in [-0.2, -0.15) is 0 Å². The molecule has 0 heterocycles. The molecule has 0 bridgehead atoms. The average molecular weight is 387 g/mol. The Labute approximate surface area is 178 Å². The first-order chi connectivity index (χ1) is 14.5. The van der Waals surface area contributed by atoms with Crippen LogP contribution in [0, 0.1) is 0 Å². The van der Waals surface area contributed by atoms with E-state index >= 15 is 0 Å². The largest absolute Gasteiger partial charge is 0.0622 e. The van der Waals surface area contributed by atoms with E-state index in [1.54, 1.807) is 0 Å². The van der Waals surface area contributed by atoms with E-state index in [1.807, 2.05) is 0 Å². The molecule has 0 saturated carbocycles. The molecular formula is C30H26. The van der Waals surface area contributed by atoms with Crippen molar-refractivity contribution in [3.05, 3.63) is 109 Å². The zero-order chi connectivity index (χ0) is 20.7. The zero-order valence-electron chi connectivity index (χ0n) is 17.8.